The molecule has 1 aliphatic carbocycles. The third-order valence-electron chi connectivity index (χ3n) is 5.31. The summed E-state index contributed by atoms with van der Waals surface area (Å²) in [5, 5.41) is 4.75. The monoisotopic (exact) mass is 413 g/mol. The molecular weight excluding hydrogens is 390 g/mol. The third-order valence-corrected chi connectivity index (χ3v) is 5.91. The Morgan fingerprint density at radius 3 is 3.00 bits per heavy atom. The molecule has 0 saturated carbocycles. The van der Waals surface area contributed by atoms with E-state index in [9.17, 15) is 0 Å². The summed E-state index contributed by atoms with van der Waals surface area (Å²) in [5.41, 5.74) is 3.87. The predicted octanol–water partition coefficient (Wildman–Crippen LogP) is 4.38. The van der Waals surface area contributed by atoms with Crippen molar-refractivity contribution in [2.24, 2.45) is 10.9 Å². The third kappa shape index (κ3) is 4.15. The molecule has 0 amide bonds. The molecule has 4 rings (SSSR count). The molecule has 1 heterocycles. The van der Waals surface area contributed by atoms with Gasteiger partial charge in [-0.15, -0.1) is 0 Å². The number of hydrogen-bond acceptors (Lipinski definition) is 3. The standard InChI is InChI=1S/C22H24ClN3OS/c1-15-13-17-6-2-3-8-19(17)20(15)25-21-26(11-12-27-21)22(28)24-10-9-16-5-4-7-18(23)14-16/h2-8,14-15,20H,9-13H2,1H3,(H,24,28). The predicted molar refractivity (Wildman–Crippen MR) is 118 cm³/mol. The van der Waals surface area contributed by atoms with Gasteiger partial charge in [0, 0.05) is 11.6 Å². The van der Waals surface area contributed by atoms with Crippen LogP contribution in [0.1, 0.15) is 29.7 Å². The van der Waals surface area contributed by atoms with Crippen LogP contribution in [-0.4, -0.2) is 35.7 Å². The zero-order valence-corrected chi connectivity index (χ0v) is 17.5. The van der Waals surface area contributed by atoms with Crippen molar-refractivity contribution in [3.05, 3.63) is 70.2 Å². The summed E-state index contributed by atoms with van der Waals surface area (Å²) in [4.78, 5) is 6.93. The molecule has 0 spiro atoms. The first-order chi connectivity index (χ1) is 13.6. The van der Waals surface area contributed by atoms with E-state index in [-0.39, 0.29) is 6.04 Å². The molecule has 1 fully saturated rings. The van der Waals surface area contributed by atoms with Crippen molar-refractivity contribution < 1.29 is 4.74 Å². The van der Waals surface area contributed by atoms with Crippen molar-refractivity contribution in [1.29, 1.82) is 0 Å². The van der Waals surface area contributed by atoms with Crippen molar-refractivity contribution in [1.82, 2.24) is 10.2 Å². The molecular formula is C22H24ClN3OS. The Kier molecular flexibility index (Phi) is 5.83. The minimum Gasteiger partial charge on any atom is -0.463 e. The summed E-state index contributed by atoms with van der Waals surface area (Å²) >= 11 is 11.7. The van der Waals surface area contributed by atoms with E-state index in [4.69, 9.17) is 33.5 Å². The van der Waals surface area contributed by atoms with E-state index in [1.165, 1.54) is 16.7 Å². The van der Waals surface area contributed by atoms with Gasteiger partial charge in [0.15, 0.2) is 5.11 Å². The van der Waals surface area contributed by atoms with Crippen LogP contribution in [0.3, 0.4) is 0 Å². The molecule has 2 aromatic carbocycles. The number of thiocarbonyl (C=S) groups is 1. The zero-order chi connectivity index (χ0) is 19.5. The lowest BCUT2D eigenvalue weighted by Gasteiger charge is -2.20. The summed E-state index contributed by atoms with van der Waals surface area (Å²) in [6.07, 6.45) is 1.91. The number of fused-ring (bicyclic) bond motifs is 1. The fourth-order valence-corrected chi connectivity index (χ4v) is 4.37. The summed E-state index contributed by atoms with van der Waals surface area (Å²) in [5.74, 6) is 0.459. The SMILES string of the molecule is CC1Cc2ccccc2C1N=C1OCCN1C(=S)NCCc1cccc(Cl)c1. The van der Waals surface area contributed by atoms with Gasteiger partial charge in [-0.25, -0.2) is 4.99 Å². The Morgan fingerprint density at radius 2 is 2.14 bits per heavy atom. The van der Waals surface area contributed by atoms with Crippen LogP contribution in [0.2, 0.25) is 5.02 Å². The van der Waals surface area contributed by atoms with E-state index < -0.39 is 0 Å². The number of halogens is 1. The first kappa shape index (κ1) is 19.2. The highest BCUT2D eigenvalue weighted by Crippen LogP contribution is 2.38. The Bertz CT molecular complexity index is 901. The highest BCUT2D eigenvalue weighted by molar-refractivity contribution is 7.80. The van der Waals surface area contributed by atoms with Gasteiger partial charge in [0.05, 0.1) is 12.6 Å². The molecule has 2 aliphatic rings. The summed E-state index contributed by atoms with van der Waals surface area (Å²) in [7, 11) is 0. The number of amidine groups is 1. The summed E-state index contributed by atoms with van der Waals surface area (Å²) in [6.45, 7) is 4.32. The lowest BCUT2D eigenvalue weighted by molar-refractivity contribution is 0.345. The molecule has 2 aromatic rings. The minimum absolute atomic E-state index is 0.126. The Morgan fingerprint density at radius 1 is 1.29 bits per heavy atom. The van der Waals surface area contributed by atoms with E-state index in [2.05, 4.69) is 42.6 Å². The van der Waals surface area contributed by atoms with Crippen molar-refractivity contribution in [3.8, 4) is 0 Å². The smallest absolute Gasteiger partial charge is 0.294 e. The van der Waals surface area contributed by atoms with Gasteiger partial charge in [-0.1, -0.05) is 54.9 Å². The van der Waals surface area contributed by atoms with Gasteiger partial charge in [-0.3, -0.25) is 4.90 Å². The maximum Gasteiger partial charge on any atom is 0.294 e. The van der Waals surface area contributed by atoms with E-state index >= 15 is 0 Å². The van der Waals surface area contributed by atoms with E-state index in [1.54, 1.807) is 0 Å². The number of hydrogen-bond donors (Lipinski definition) is 1. The van der Waals surface area contributed by atoms with Gasteiger partial charge in [0.25, 0.3) is 6.02 Å². The molecule has 146 valence electrons. The van der Waals surface area contributed by atoms with Crippen LogP contribution in [0.4, 0.5) is 0 Å². The van der Waals surface area contributed by atoms with Gasteiger partial charge in [-0.2, -0.15) is 0 Å². The molecule has 2 atom stereocenters. The minimum atomic E-state index is 0.126. The first-order valence-corrected chi connectivity index (χ1v) is 10.5. The average molecular weight is 414 g/mol. The van der Waals surface area contributed by atoms with Crippen LogP contribution in [0, 0.1) is 5.92 Å². The van der Waals surface area contributed by atoms with Crippen LogP contribution >= 0.6 is 23.8 Å². The van der Waals surface area contributed by atoms with E-state index in [0.717, 1.165) is 31.0 Å². The van der Waals surface area contributed by atoms with Crippen LogP contribution in [0.5, 0.6) is 0 Å². The molecule has 0 aromatic heterocycles. The van der Waals surface area contributed by atoms with Crippen molar-refractivity contribution in [2.75, 3.05) is 19.7 Å². The highest BCUT2D eigenvalue weighted by Gasteiger charge is 2.32. The summed E-state index contributed by atoms with van der Waals surface area (Å²) in [6, 6.07) is 17.2. The van der Waals surface area contributed by atoms with Crippen LogP contribution in [0.15, 0.2) is 53.5 Å². The molecule has 1 saturated heterocycles. The second-order valence-corrected chi connectivity index (χ2v) is 8.17. The van der Waals surface area contributed by atoms with Crippen molar-refractivity contribution >= 4 is 35.0 Å². The topological polar surface area (TPSA) is 36.9 Å². The van der Waals surface area contributed by atoms with Crippen LogP contribution < -0.4 is 5.32 Å². The molecule has 0 radical (unpaired) electrons. The molecule has 0 bridgehead atoms. The van der Waals surface area contributed by atoms with E-state index in [1.807, 2.05) is 23.1 Å². The normalized spacial score (nSPS) is 22.2. The largest absolute Gasteiger partial charge is 0.463 e. The molecule has 4 nitrogen and oxygen atoms in total. The number of ether oxygens (including phenoxy) is 1. The maximum absolute atomic E-state index is 6.05. The molecule has 6 heteroatoms. The van der Waals surface area contributed by atoms with Gasteiger partial charge in [-0.05, 0) is 59.8 Å². The van der Waals surface area contributed by atoms with Gasteiger partial charge in [0.1, 0.15) is 6.61 Å². The Hall–Kier alpha value is -2.11. The maximum atomic E-state index is 6.05. The lowest BCUT2D eigenvalue weighted by atomic mass is 10.0. The quantitative estimate of drug-likeness (QED) is 0.755. The molecule has 2 unspecified atom stereocenters. The van der Waals surface area contributed by atoms with Crippen molar-refractivity contribution in [2.45, 2.75) is 25.8 Å². The molecule has 1 N–H and O–H groups in total. The van der Waals surface area contributed by atoms with Crippen LogP contribution in [-0.2, 0) is 17.6 Å². The Labute approximate surface area is 176 Å². The second kappa shape index (κ2) is 8.50. The van der Waals surface area contributed by atoms with Gasteiger partial charge in [0.2, 0.25) is 0 Å². The lowest BCUT2D eigenvalue weighted by Crippen LogP contribution is -2.41. The number of benzene rings is 2. The number of nitrogens with zero attached hydrogens (tertiary/aromatic N) is 2. The number of rotatable bonds is 4. The van der Waals surface area contributed by atoms with Crippen LogP contribution in [0.25, 0.3) is 0 Å². The second-order valence-electron chi connectivity index (χ2n) is 7.35. The Balaban J connectivity index is 1.40. The average Bonchev–Trinajstić information content (AvgIpc) is 3.27. The van der Waals surface area contributed by atoms with Gasteiger partial charge >= 0.3 is 0 Å². The first-order valence-electron chi connectivity index (χ1n) is 9.70. The van der Waals surface area contributed by atoms with Gasteiger partial charge < -0.3 is 10.1 Å². The molecule has 28 heavy (non-hydrogen) atoms. The summed E-state index contributed by atoms with van der Waals surface area (Å²) < 4.78 is 5.82. The molecule has 1 aliphatic heterocycles. The van der Waals surface area contributed by atoms with Crippen molar-refractivity contribution in [3.63, 3.8) is 0 Å². The highest BCUT2D eigenvalue weighted by atomic mass is 35.5. The fraction of sp³-hybridized carbons (Fsp3) is 0.364. The number of nitrogens with one attached hydrogen (secondary N) is 1. The fourth-order valence-electron chi connectivity index (χ4n) is 3.89. The van der Waals surface area contributed by atoms with E-state index in [0.29, 0.717) is 23.7 Å². The number of aliphatic imine (C=N–C) groups is 1. The zero-order valence-electron chi connectivity index (χ0n) is 15.9.